The van der Waals surface area contributed by atoms with Crippen molar-refractivity contribution in [2.24, 2.45) is 0 Å². The van der Waals surface area contributed by atoms with E-state index in [-0.39, 0.29) is 11.9 Å². The topological polar surface area (TPSA) is 73.0 Å². The Morgan fingerprint density at radius 2 is 2.29 bits per heavy atom. The van der Waals surface area contributed by atoms with Gasteiger partial charge in [-0.15, -0.1) is 0 Å². The van der Waals surface area contributed by atoms with Crippen LogP contribution < -0.4 is 5.32 Å². The molecule has 1 N–H and O–H groups in total. The first-order valence-electron chi connectivity index (χ1n) is 6.88. The summed E-state index contributed by atoms with van der Waals surface area (Å²) in [5.41, 5.74) is 2.04. The fourth-order valence-electron chi connectivity index (χ4n) is 2.13. The summed E-state index contributed by atoms with van der Waals surface area (Å²) in [7, 11) is 0. The Labute approximate surface area is 128 Å². The van der Waals surface area contributed by atoms with Gasteiger partial charge in [0.2, 0.25) is 5.91 Å². The number of amides is 1. The molecule has 2 aromatic rings. The second-order valence-electron chi connectivity index (χ2n) is 5.01. The predicted molar refractivity (Wildman–Crippen MR) is 79.3 cm³/mol. The van der Waals surface area contributed by atoms with Crippen LogP contribution in [0.2, 0.25) is 5.02 Å². The Morgan fingerprint density at radius 1 is 1.52 bits per heavy atom. The summed E-state index contributed by atoms with van der Waals surface area (Å²) < 4.78 is 6.66. The average Bonchev–Trinajstić information content (AvgIpc) is 3.02. The van der Waals surface area contributed by atoms with Crippen molar-refractivity contribution in [3.63, 3.8) is 0 Å². The Bertz CT molecular complexity index is 601. The first-order valence-corrected chi connectivity index (χ1v) is 7.26. The molecule has 2 aromatic heterocycles. The molecule has 0 saturated carbocycles. The molecule has 0 radical (unpaired) electrons. The molecule has 1 atom stereocenters. The number of nitrogens with zero attached hydrogens (tertiary/aromatic N) is 3. The Balaban J connectivity index is 1.77. The fraction of sp³-hybridized carbons (Fsp3) is 0.500. The van der Waals surface area contributed by atoms with Gasteiger partial charge in [-0.05, 0) is 33.6 Å². The van der Waals surface area contributed by atoms with E-state index in [1.807, 2.05) is 13.8 Å². The van der Waals surface area contributed by atoms with E-state index in [0.717, 1.165) is 29.9 Å². The van der Waals surface area contributed by atoms with Crippen LogP contribution in [0.4, 0.5) is 0 Å². The highest BCUT2D eigenvalue weighted by molar-refractivity contribution is 6.30. The van der Waals surface area contributed by atoms with Gasteiger partial charge in [0.1, 0.15) is 11.8 Å². The molecule has 2 rings (SSSR count). The standard InChI is InChI=1S/C14H19ClN4O2/c1-9-13(11(3)21-18-9)5-4-6-16-14(20)10(2)19-8-12(15)7-17-19/h7-8,10H,4-6H2,1-3H3,(H,16,20)/t10-/m1/s1. The number of carbonyl (C=O) groups is 1. The summed E-state index contributed by atoms with van der Waals surface area (Å²) >= 11 is 5.79. The van der Waals surface area contributed by atoms with Crippen molar-refractivity contribution in [3.8, 4) is 0 Å². The third kappa shape index (κ3) is 3.85. The average molecular weight is 311 g/mol. The first-order chi connectivity index (χ1) is 9.99. The van der Waals surface area contributed by atoms with Gasteiger partial charge in [-0.25, -0.2) is 0 Å². The first kappa shape index (κ1) is 15.6. The quantitative estimate of drug-likeness (QED) is 0.832. The Hall–Kier alpha value is -1.82. The van der Waals surface area contributed by atoms with Crippen LogP contribution in [0.25, 0.3) is 0 Å². The maximum atomic E-state index is 12.0. The van der Waals surface area contributed by atoms with Gasteiger partial charge in [0.25, 0.3) is 0 Å². The van der Waals surface area contributed by atoms with E-state index in [4.69, 9.17) is 16.1 Å². The smallest absolute Gasteiger partial charge is 0.244 e. The number of aromatic nitrogens is 3. The van der Waals surface area contributed by atoms with Crippen LogP contribution in [-0.2, 0) is 11.2 Å². The van der Waals surface area contributed by atoms with Crippen LogP contribution in [0, 0.1) is 13.8 Å². The van der Waals surface area contributed by atoms with Crippen molar-refractivity contribution < 1.29 is 9.32 Å². The van der Waals surface area contributed by atoms with Crippen LogP contribution in [0.5, 0.6) is 0 Å². The lowest BCUT2D eigenvalue weighted by Crippen LogP contribution is -2.32. The molecule has 2 heterocycles. The van der Waals surface area contributed by atoms with Gasteiger partial charge in [0.15, 0.2) is 0 Å². The highest BCUT2D eigenvalue weighted by Crippen LogP contribution is 2.14. The van der Waals surface area contributed by atoms with E-state index in [2.05, 4.69) is 15.6 Å². The van der Waals surface area contributed by atoms with Gasteiger partial charge < -0.3 is 9.84 Å². The second-order valence-corrected chi connectivity index (χ2v) is 5.45. The molecule has 21 heavy (non-hydrogen) atoms. The van der Waals surface area contributed by atoms with E-state index in [1.54, 1.807) is 17.8 Å². The maximum Gasteiger partial charge on any atom is 0.244 e. The maximum absolute atomic E-state index is 12.0. The lowest BCUT2D eigenvalue weighted by Gasteiger charge is -2.12. The molecule has 0 spiro atoms. The van der Waals surface area contributed by atoms with Crippen molar-refractivity contribution >= 4 is 17.5 Å². The van der Waals surface area contributed by atoms with Gasteiger partial charge in [-0.3, -0.25) is 9.48 Å². The molecule has 0 unspecified atom stereocenters. The Kier molecular flexibility index (Phi) is 5.01. The van der Waals surface area contributed by atoms with Crippen molar-refractivity contribution in [1.29, 1.82) is 0 Å². The highest BCUT2D eigenvalue weighted by atomic mass is 35.5. The summed E-state index contributed by atoms with van der Waals surface area (Å²) in [4.78, 5) is 12.0. The normalized spacial score (nSPS) is 12.4. The van der Waals surface area contributed by atoms with Gasteiger partial charge in [-0.1, -0.05) is 16.8 Å². The number of hydrogen-bond donors (Lipinski definition) is 1. The van der Waals surface area contributed by atoms with E-state index in [9.17, 15) is 4.79 Å². The molecule has 0 aromatic carbocycles. The van der Waals surface area contributed by atoms with Gasteiger partial charge in [0.05, 0.1) is 16.9 Å². The Morgan fingerprint density at radius 3 is 2.86 bits per heavy atom. The fourth-order valence-corrected chi connectivity index (χ4v) is 2.27. The van der Waals surface area contributed by atoms with E-state index in [1.165, 1.54) is 6.20 Å². The third-order valence-corrected chi connectivity index (χ3v) is 3.63. The molecule has 0 aliphatic rings. The number of carbonyl (C=O) groups excluding carboxylic acids is 1. The van der Waals surface area contributed by atoms with Crippen molar-refractivity contribution in [2.75, 3.05) is 6.54 Å². The number of nitrogens with one attached hydrogen (secondary N) is 1. The zero-order chi connectivity index (χ0) is 15.4. The van der Waals surface area contributed by atoms with Crippen LogP contribution in [0.3, 0.4) is 0 Å². The predicted octanol–water partition coefficient (Wildman–Crippen LogP) is 2.45. The molecule has 0 saturated heterocycles. The van der Waals surface area contributed by atoms with Crippen molar-refractivity contribution in [3.05, 3.63) is 34.4 Å². The molecule has 114 valence electrons. The van der Waals surface area contributed by atoms with Gasteiger partial charge in [0, 0.05) is 18.3 Å². The third-order valence-electron chi connectivity index (χ3n) is 3.43. The number of rotatable bonds is 6. The zero-order valence-corrected chi connectivity index (χ0v) is 13.1. The van der Waals surface area contributed by atoms with Crippen LogP contribution in [0.1, 0.15) is 36.4 Å². The SMILES string of the molecule is Cc1noc(C)c1CCCNC(=O)[C@@H](C)n1cc(Cl)cn1. The molecule has 6 nitrogen and oxygen atoms in total. The lowest BCUT2D eigenvalue weighted by molar-refractivity contribution is -0.124. The molecule has 0 fully saturated rings. The molecule has 0 bridgehead atoms. The number of halogens is 1. The monoisotopic (exact) mass is 310 g/mol. The van der Waals surface area contributed by atoms with Crippen LogP contribution >= 0.6 is 11.6 Å². The summed E-state index contributed by atoms with van der Waals surface area (Å²) in [5, 5.41) is 11.4. The van der Waals surface area contributed by atoms with Crippen molar-refractivity contribution in [1.82, 2.24) is 20.3 Å². The van der Waals surface area contributed by atoms with Crippen LogP contribution in [-0.4, -0.2) is 27.4 Å². The number of hydrogen-bond acceptors (Lipinski definition) is 4. The molecule has 7 heteroatoms. The zero-order valence-electron chi connectivity index (χ0n) is 12.4. The highest BCUT2D eigenvalue weighted by Gasteiger charge is 2.15. The van der Waals surface area contributed by atoms with Gasteiger partial charge >= 0.3 is 0 Å². The van der Waals surface area contributed by atoms with Crippen molar-refractivity contribution in [2.45, 2.75) is 39.7 Å². The molecule has 1 amide bonds. The minimum Gasteiger partial charge on any atom is -0.361 e. The minimum absolute atomic E-state index is 0.0754. The summed E-state index contributed by atoms with van der Waals surface area (Å²) in [6.07, 6.45) is 4.82. The summed E-state index contributed by atoms with van der Waals surface area (Å²) in [6, 6.07) is -0.378. The molecular weight excluding hydrogens is 292 g/mol. The van der Waals surface area contributed by atoms with E-state index in [0.29, 0.717) is 11.6 Å². The van der Waals surface area contributed by atoms with E-state index < -0.39 is 0 Å². The summed E-state index contributed by atoms with van der Waals surface area (Å²) in [6.45, 7) is 6.21. The van der Waals surface area contributed by atoms with Crippen LogP contribution in [0.15, 0.2) is 16.9 Å². The lowest BCUT2D eigenvalue weighted by atomic mass is 10.1. The summed E-state index contributed by atoms with van der Waals surface area (Å²) in [5.74, 6) is 0.770. The number of aryl methyl sites for hydroxylation is 2. The minimum atomic E-state index is -0.378. The largest absolute Gasteiger partial charge is 0.361 e. The van der Waals surface area contributed by atoms with E-state index >= 15 is 0 Å². The molecular formula is C14H19ClN4O2. The second kappa shape index (κ2) is 6.76. The van der Waals surface area contributed by atoms with Gasteiger partial charge in [-0.2, -0.15) is 5.10 Å². The molecule has 0 aliphatic heterocycles. The molecule has 0 aliphatic carbocycles.